The van der Waals surface area contributed by atoms with Gasteiger partial charge in [-0.05, 0) is 66.6 Å². The van der Waals surface area contributed by atoms with Crippen molar-refractivity contribution in [3.8, 4) is 11.1 Å². The predicted molar refractivity (Wildman–Crippen MR) is 128 cm³/mol. The molecule has 0 fully saturated rings. The van der Waals surface area contributed by atoms with E-state index in [1.54, 1.807) is 37.3 Å². The fourth-order valence-corrected chi connectivity index (χ4v) is 4.34. The zero-order chi connectivity index (χ0) is 25.1. The zero-order valence-electron chi connectivity index (χ0n) is 19.3. The van der Waals surface area contributed by atoms with Crippen LogP contribution in [0.5, 0.6) is 0 Å². The van der Waals surface area contributed by atoms with Gasteiger partial charge in [0, 0.05) is 6.54 Å². The molecular formula is C28H26FNO5. The van der Waals surface area contributed by atoms with Gasteiger partial charge in [0.2, 0.25) is 0 Å². The van der Waals surface area contributed by atoms with Gasteiger partial charge in [-0.15, -0.1) is 0 Å². The van der Waals surface area contributed by atoms with Crippen LogP contribution in [0.2, 0.25) is 0 Å². The first-order valence-electron chi connectivity index (χ1n) is 11.5. The second-order valence-corrected chi connectivity index (χ2v) is 8.81. The highest BCUT2D eigenvalue weighted by Crippen LogP contribution is 2.26. The number of amides is 2. The van der Waals surface area contributed by atoms with Gasteiger partial charge < -0.3 is 10.2 Å². The lowest BCUT2D eigenvalue weighted by atomic mass is 9.93. The number of aliphatic hydroxyl groups is 1. The molecule has 0 aliphatic carbocycles. The molecule has 0 saturated carbocycles. The monoisotopic (exact) mass is 475 g/mol. The Morgan fingerprint density at radius 1 is 0.914 bits per heavy atom. The van der Waals surface area contributed by atoms with Gasteiger partial charge in [0.05, 0.1) is 23.1 Å². The number of aliphatic carboxylic acids is 1. The van der Waals surface area contributed by atoms with Crippen molar-refractivity contribution in [2.24, 2.45) is 5.92 Å². The average Bonchev–Trinajstić information content (AvgIpc) is 3.09. The van der Waals surface area contributed by atoms with Crippen molar-refractivity contribution < 1.29 is 29.0 Å². The zero-order valence-corrected chi connectivity index (χ0v) is 19.3. The summed E-state index contributed by atoms with van der Waals surface area (Å²) < 4.78 is 13.9. The van der Waals surface area contributed by atoms with Gasteiger partial charge in [-0.2, -0.15) is 0 Å². The van der Waals surface area contributed by atoms with E-state index in [0.717, 1.165) is 21.6 Å². The van der Waals surface area contributed by atoms with Crippen LogP contribution in [-0.2, 0) is 11.2 Å². The normalized spacial score (nSPS) is 14.7. The van der Waals surface area contributed by atoms with Gasteiger partial charge in [-0.1, -0.05) is 48.5 Å². The molecule has 2 unspecified atom stereocenters. The number of halogens is 1. The molecule has 1 aliphatic heterocycles. The minimum absolute atomic E-state index is 0.0418. The molecule has 3 aromatic carbocycles. The number of aliphatic hydroxyl groups excluding tert-OH is 1. The van der Waals surface area contributed by atoms with Gasteiger partial charge in [-0.25, -0.2) is 4.39 Å². The summed E-state index contributed by atoms with van der Waals surface area (Å²) in [7, 11) is 0. The van der Waals surface area contributed by atoms with E-state index < -0.39 is 29.8 Å². The number of carboxylic acids is 1. The highest BCUT2D eigenvalue weighted by atomic mass is 19.1. The number of hydrogen-bond donors (Lipinski definition) is 2. The SMILES string of the molecule is Cc1ccc(-c2ccc(CCC(O)C(CCN3C(=O)c4ccccc4C3=O)C(=O)O)cc2)cc1F. The van der Waals surface area contributed by atoms with Crippen molar-refractivity contribution in [1.82, 2.24) is 4.90 Å². The lowest BCUT2D eigenvalue weighted by molar-refractivity contribution is -0.146. The molecule has 3 aromatic rings. The molecule has 0 aromatic heterocycles. The fraction of sp³-hybridized carbons (Fsp3) is 0.250. The van der Waals surface area contributed by atoms with Crippen LogP contribution >= 0.6 is 0 Å². The third kappa shape index (κ3) is 5.15. The molecule has 4 rings (SSSR count). The first-order valence-corrected chi connectivity index (χ1v) is 11.5. The standard InChI is InChI=1S/C28H26FNO5/c1-17-6-10-20(16-24(17)29)19-11-7-18(8-12-19)9-13-25(31)23(28(34)35)14-15-30-26(32)21-4-2-3-5-22(21)27(30)33/h2-8,10-12,16,23,25,31H,9,13-15H2,1H3,(H,34,35). The number of carbonyl (C=O) groups excluding carboxylic acids is 2. The van der Waals surface area contributed by atoms with E-state index in [9.17, 15) is 29.0 Å². The van der Waals surface area contributed by atoms with E-state index in [0.29, 0.717) is 23.1 Å². The maximum atomic E-state index is 13.9. The van der Waals surface area contributed by atoms with Gasteiger partial charge in [0.15, 0.2) is 0 Å². The number of nitrogens with zero attached hydrogens (tertiary/aromatic N) is 1. The van der Waals surface area contributed by atoms with Gasteiger partial charge in [-0.3, -0.25) is 19.3 Å². The number of carboxylic acid groups (broad SMARTS) is 1. The molecule has 0 radical (unpaired) electrons. The molecule has 35 heavy (non-hydrogen) atoms. The molecule has 0 saturated heterocycles. The Hall–Kier alpha value is -3.84. The second kappa shape index (κ2) is 10.2. The van der Waals surface area contributed by atoms with Crippen molar-refractivity contribution in [3.05, 3.63) is 94.8 Å². The van der Waals surface area contributed by atoms with Crippen LogP contribution in [0.1, 0.15) is 44.7 Å². The van der Waals surface area contributed by atoms with Crippen molar-refractivity contribution in [1.29, 1.82) is 0 Å². The van der Waals surface area contributed by atoms with Crippen LogP contribution in [-0.4, -0.2) is 45.5 Å². The van der Waals surface area contributed by atoms with Gasteiger partial charge in [0.25, 0.3) is 11.8 Å². The first-order chi connectivity index (χ1) is 16.8. The highest BCUT2D eigenvalue weighted by Gasteiger charge is 2.36. The number of aryl methyl sites for hydroxylation is 2. The fourth-order valence-electron chi connectivity index (χ4n) is 4.34. The van der Waals surface area contributed by atoms with Crippen LogP contribution in [0.15, 0.2) is 66.7 Å². The molecule has 180 valence electrons. The lowest BCUT2D eigenvalue weighted by Gasteiger charge is -2.22. The molecule has 1 heterocycles. The van der Waals surface area contributed by atoms with Crippen molar-refractivity contribution in [2.45, 2.75) is 32.3 Å². The Labute approximate surface area is 202 Å². The Kier molecular flexibility index (Phi) is 7.07. The smallest absolute Gasteiger partial charge is 0.309 e. The number of hydrogen-bond acceptors (Lipinski definition) is 4. The number of benzene rings is 3. The number of carbonyl (C=O) groups is 3. The molecule has 0 spiro atoms. The van der Waals surface area contributed by atoms with Crippen molar-refractivity contribution in [2.75, 3.05) is 6.54 Å². The van der Waals surface area contributed by atoms with E-state index in [1.807, 2.05) is 30.3 Å². The summed E-state index contributed by atoms with van der Waals surface area (Å²) >= 11 is 0. The van der Waals surface area contributed by atoms with Crippen molar-refractivity contribution in [3.63, 3.8) is 0 Å². The third-order valence-corrected chi connectivity index (χ3v) is 6.51. The summed E-state index contributed by atoms with van der Waals surface area (Å²) in [6, 6.07) is 19.0. The van der Waals surface area contributed by atoms with Crippen molar-refractivity contribution >= 4 is 17.8 Å². The first kappa shape index (κ1) is 24.3. The van der Waals surface area contributed by atoms with Crippen LogP contribution in [0.3, 0.4) is 0 Å². The minimum atomic E-state index is -1.18. The molecule has 2 amide bonds. The largest absolute Gasteiger partial charge is 0.481 e. The van der Waals surface area contributed by atoms with E-state index in [2.05, 4.69) is 0 Å². The van der Waals surface area contributed by atoms with E-state index in [4.69, 9.17) is 0 Å². The van der Waals surface area contributed by atoms with Gasteiger partial charge >= 0.3 is 5.97 Å². The number of imide groups is 1. The molecule has 2 N–H and O–H groups in total. The molecule has 1 aliphatic rings. The summed E-state index contributed by atoms with van der Waals surface area (Å²) in [5, 5.41) is 20.2. The summed E-state index contributed by atoms with van der Waals surface area (Å²) in [6.45, 7) is 1.62. The summed E-state index contributed by atoms with van der Waals surface area (Å²) in [5.74, 6) is -3.45. The lowest BCUT2D eigenvalue weighted by Crippen LogP contribution is -2.36. The quantitative estimate of drug-likeness (QED) is 0.445. The predicted octanol–water partition coefficient (Wildman–Crippen LogP) is 4.48. The Bertz CT molecular complexity index is 1240. The average molecular weight is 476 g/mol. The maximum absolute atomic E-state index is 13.9. The maximum Gasteiger partial charge on any atom is 0.309 e. The summed E-state index contributed by atoms with van der Waals surface area (Å²) in [5.41, 5.74) is 3.72. The Balaban J connectivity index is 1.35. The van der Waals surface area contributed by atoms with E-state index >= 15 is 0 Å². The third-order valence-electron chi connectivity index (χ3n) is 6.51. The number of rotatable bonds is 9. The number of fused-ring (bicyclic) bond motifs is 1. The van der Waals surface area contributed by atoms with Crippen LogP contribution < -0.4 is 0 Å². The van der Waals surface area contributed by atoms with E-state index in [-0.39, 0.29) is 25.2 Å². The van der Waals surface area contributed by atoms with Crippen LogP contribution in [0.4, 0.5) is 4.39 Å². The highest BCUT2D eigenvalue weighted by molar-refractivity contribution is 6.21. The van der Waals surface area contributed by atoms with Crippen LogP contribution in [0, 0.1) is 18.7 Å². The Morgan fingerprint density at radius 3 is 2.09 bits per heavy atom. The second-order valence-electron chi connectivity index (χ2n) is 8.81. The van der Waals surface area contributed by atoms with Crippen LogP contribution in [0.25, 0.3) is 11.1 Å². The molecule has 7 heteroatoms. The molecule has 2 atom stereocenters. The minimum Gasteiger partial charge on any atom is -0.481 e. The molecule has 0 bridgehead atoms. The summed E-state index contributed by atoms with van der Waals surface area (Å²) in [4.78, 5) is 37.9. The summed E-state index contributed by atoms with van der Waals surface area (Å²) in [6.07, 6.45) is -0.536. The van der Waals surface area contributed by atoms with E-state index in [1.165, 1.54) is 6.07 Å². The molecule has 6 nitrogen and oxygen atoms in total. The van der Waals surface area contributed by atoms with Gasteiger partial charge in [0.1, 0.15) is 5.82 Å². The molecular weight excluding hydrogens is 449 g/mol. The Morgan fingerprint density at radius 2 is 1.51 bits per heavy atom. The topological polar surface area (TPSA) is 94.9 Å².